The number of aromatic nitrogens is 1. The van der Waals surface area contributed by atoms with Gasteiger partial charge in [-0.25, -0.2) is 9.98 Å². The number of rotatable bonds is 9. The molecule has 0 saturated carbocycles. The van der Waals surface area contributed by atoms with Gasteiger partial charge in [-0.05, 0) is 38.9 Å². The quantitative estimate of drug-likeness (QED) is 0.239. The molecule has 0 bridgehead atoms. The molecule has 1 aromatic heterocycles. The molecule has 27 heavy (non-hydrogen) atoms. The molecule has 2 rings (SSSR count). The summed E-state index contributed by atoms with van der Waals surface area (Å²) in [6.45, 7) is 12.2. The Morgan fingerprint density at radius 3 is 2.59 bits per heavy atom. The first-order chi connectivity index (χ1) is 12.7. The fourth-order valence-corrected chi connectivity index (χ4v) is 2.77. The van der Waals surface area contributed by atoms with Gasteiger partial charge in [0.25, 0.3) is 0 Å². The number of anilines is 1. The summed E-state index contributed by atoms with van der Waals surface area (Å²) in [5.74, 6) is 1.90. The van der Waals surface area contributed by atoms with Gasteiger partial charge in [0.1, 0.15) is 5.82 Å². The summed E-state index contributed by atoms with van der Waals surface area (Å²) in [5, 5.41) is 6.62. The van der Waals surface area contributed by atoms with Crippen molar-refractivity contribution in [2.75, 3.05) is 64.4 Å². The van der Waals surface area contributed by atoms with E-state index in [0.29, 0.717) is 6.54 Å². The van der Waals surface area contributed by atoms with Crippen LogP contribution in [0.3, 0.4) is 0 Å². The van der Waals surface area contributed by atoms with Gasteiger partial charge in [0.15, 0.2) is 5.96 Å². The van der Waals surface area contributed by atoms with E-state index in [1.165, 1.54) is 0 Å². The van der Waals surface area contributed by atoms with Crippen molar-refractivity contribution in [3.05, 3.63) is 23.9 Å². The second kappa shape index (κ2) is 14.0. The van der Waals surface area contributed by atoms with E-state index in [0.717, 1.165) is 76.2 Å². The maximum Gasteiger partial charge on any atom is 0.191 e. The van der Waals surface area contributed by atoms with Crippen LogP contribution in [-0.4, -0.2) is 75.4 Å². The van der Waals surface area contributed by atoms with Crippen molar-refractivity contribution in [3.63, 3.8) is 0 Å². The molecule has 1 aliphatic heterocycles. The van der Waals surface area contributed by atoms with Crippen LogP contribution in [0.15, 0.2) is 23.3 Å². The van der Waals surface area contributed by atoms with E-state index in [1.54, 1.807) is 0 Å². The minimum atomic E-state index is 0. The van der Waals surface area contributed by atoms with Crippen LogP contribution in [0.2, 0.25) is 0 Å². The molecule has 2 N–H and O–H groups in total. The molecule has 0 amide bonds. The summed E-state index contributed by atoms with van der Waals surface area (Å²) in [6, 6.07) is 4.24. The van der Waals surface area contributed by atoms with Crippen molar-refractivity contribution < 1.29 is 4.74 Å². The Balaban J connectivity index is 0.00000364. The number of hydrogen-bond donors (Lipinski definition) is 2. The smallest absolute Gasteiger partial charge is 0.191 e. The number of pyridine rings is 1. The van der Waals surface area contributed by atoms with E-state index in [1.807, 2.05) is 13.1 Å². The molecule has 0 spiro atoms. The first-order valence-electron chi connectivity index (χ1n) is 9.71. The number of nitrogens with zero attached hydrogens (tertiary/aromatic N) is 4. The first-order valence-corrected chi connectivity index (χ1v) is 9.71. The van der Waals surface area contributed by atoms with Crippen LogP contribution in [0.25, 0.3) is 0 Å². The molecule has 1 saturated heterocycles. The van der Waals surface area contributed by atoms with Crippen molar-refractivity contribution in [1.82, 2.24) is 20.5 Å². The van der Waals surface area contributed by atoms with E-state index in [2.05, 4.69) is 56.5 Å². The summed E-state index contributed by atoms with van der Waals surface area (Å²) in [7, 11) is 2.17. The molecule has 0 aromatic carbocycles. The normalized spacial score (nSPS) is 15.4. The fourth-order valence-electron chi connectivity index (χ4n) is 2.77. The SMILES string of the molecule is CCNC(=NCc1ccc(N2CCN(C)CC2)nc1)NCCCOCC.I. The largest absolute Gasteiger partial charge is 0.382 e. The third-order valence-electron chi connectivity index (χ3n) is 4.36. The molecule has 8 heteroatoms. The highest BCUT2D eigenvalue weighted by molar-refractivity contribution is 14.0. The predicted molar refractivity (Wildman–Crippen MR) is 123 cm³/mol. The third-order valence-corrected chi connectivity index (χ3v) is 4.36. The van der Waals surface area contributed by atoms with E-state index in [-0.39, 0.29) is 24.0 Å². The molecule has 0 radical (unpaired) electrons. The van der Waals surface area contributed by atoms with E-state index >= 15 is 0 Å². The van der Waals surface area contributed by atoms with E-state index in [9.17, 15) is 0 Å². The molecule has 1 fully saturated rings. The standard InChI is InChI=1S/C19H34N6O.HI/c1-4-20-19(21-9-6-14-26-5-2)23-16-17-7-8-18(22-15-17)25-12-10-24(3)11-13-25;/h7-8,15H,4-6,9-14,16H2,1-3H3,(H2,20,21,23);1H. The second-order valence-corrected chi connectivity index (χ2v) is 6.49. The maximum absolute atomic E-state index is 5.36. The molecular formula is C19H35IN6O. The van der Waals surface area contributed by atoms with Gasteiger partial charge < -0.3 is 25.2 Å². The van der Waals surface area contributed by atoms with Crippen molar-refractivity contribution in [2.45, 2.75) is 26.8 Å². The molecule has 0 atom stereocenters. The van der Waals surface area contributed by atoms with Crippen molar-refractivity contribution in [1.29, 1.82) is 0 Å². The topological polar surface area (TPSA) is 65.0 Å². The lowest BCUT2D eigenvalue weighted by molar-refractivity contribution is 0.145. The Bertz CT molecular complexity index is 532. The second-order valence-electron chi connectivity index (χ2n) is 6.49. The lowest BCUT2D eigenvalue weighted by Crippen LogP contribution is -2.44. The Labute approximate surface area is 181 Å². The molecule has 0 aliphatic carbocycles. The van der Waals surface area contributed by atoms with Crippen LogP contribution >= 0.6 is 24.0 Å². The maximum atomic E-state index is 5.36. The van der Waals surface area contributed by atoms with Gasteiger partial charge in [-0.1, -0.05) is 6.07 Å². The summed E-state index contributed by atoms with van der Waals surface area (Å²) in [4.78, 5) is 14.0. The zero-order valence-electron chi connectivity index (χ0n) is 16.9. The van der Waals surface area contributed by atoms with Crippen LogP contribution < -0.4 is 15.5 Å². The van der Waals surface area contributed by atoms with Crippen molar-refractivity contribution in [2.24, 2.45) is 4.99 Å². The lowest BCUT2D eigenvalue weighted by atomic mass is 10.2. The van der Waals surface area contributed by atoms with Crippen molar-refractivity contribution >= 4 is 35.8 Å². The summed E-state index contributed by atoms with van der Waals surface area (Å²) in [5.41, 5.74) is 1.12. The predicted octanol–water partition coefficient (Wildman–Crippen LogP) is 1.93. The minimum absolute atomic E-state index is 0. The zero-order valence-corrected chi connectivity index (χ0v) is 19.2. The summed E-state index contributed by atoms with van der Waals surface area (Å²) >= 11 is 0. The minimum Gasteiger partial charge on any atom is -0.382 e. The van der Waals surface area contributed by atoms with Crippen molar-refractivity contribution in [3.8, 4) is 0 Å². The first kappa shape index (κ1) is 23.9. The number of halogens is 1. The Morgan fingerprint density at radius 2 is 1.96 bits per heavy atom. The third kappa shape index (κ3) is 9.07. The van der Waals surface area contributed by atoms with Crippen LogP contribution in [0.5, 0.6) is 0 Å². The average Bonchev–Trinajstić information content (AvgIpc) is 2.67. The highest BCUT2D eigenvalue weighted by Crippen LogP contribution is 2.13. The number of nitrogens with one attached hydrogen (secondary N) is 2. The lowest BCUT2D eigenvalue weighted by Gasteiger charge is -2.33. The monoisotopic (exact) mass is 490 g/mol. The molecule has 1 aliphatic rings. The number of piperazine rings is 1. The number of ether oxygens (including phenoxy) is 1. The van der Waals surface area contributed by atoms with Crippen LogP contribution in [0.1, 0.15) is 25.8 Å². The van der Waals surface area contributed by atoms with Gasteiger partial charge in [-0.15, -0.1) is 24.0 Å². The summed E-state index contributed by atoms with van der Waals surface area (Å²) in [6.07, 6.45) is 2.91. The van der Waals surface area contributed by atoms with E-state index in [4.69, 9.17) is 4.74 Å². The number of hydrogen-bond acceptors (Lipinski definition) is 5. The van der Waals surface area contributed by atoms with Crippen LogP contribution in [-0.2, 0) is 11.3 Å². The van der Waals surface area contributed by atoms with Crippen LogP contribution in [0, 0.1) is 0 Å². The fraction of sp³-hybridized carbons (Fsp3) is 0.684. The van der Waals surface area contributed by atoms with Gasteiger partial charge >= 0.3 is 0 Å². The Hall–Kier alpha value is -1.13. The molecule has 1 aromatic rings. The van der Waals surface area contributed by atoms with Gasteiger partial charge in [-0.3, -0.25) is 0 Å². The Morgan fingerprint density at radius 1 is 1.19 bits per heavy atom. The average molecular weight is 490 g/mol. The molecule has 154 valence electrons. The summed E-state index contributed by atoms with van der Waals surface area (Å²) < 4.78 is 5.36. The molecule has 7 nitrogen and oxygen atoms in total. The number of aliphatic imine (C=N–C) groups is 1. The highest BCUT2D eigenvalue weighted by Gasteiger charge is 2.14. The number of guanidine groups is 1. The van der Waals surface area contributed by atoms with Gasteiger partial charge in [-0.2, -0.15) is 0 Å². The highest BCUT2D eigenvalue weighted by atomic mass is 127. The van der Waals surface area contributed by atoms with Gasteiger partial charge in [0, 0.05) is 58.7 Å². The van der Waals surface area contributed by atoms with Crippen LogP contribution in [0.4, 0.5) is 5.82 Å². The van der Waals surface area contributed by atoms with Gasteiger partial charge in [0.2, 0.25) is 0 Å². The molecule has 2 heterocycles. The molecular weight excluding hydrogens is 455 g/mol. The van der Waals surface area contributed by atoms with Gasteiger partial charge in [0.05, 0.1) is 6.54 Å². The number of likely N-dealkylation sites (N-methyl/N-ethyl adjacent to an activating group) is 1. The molecule has 0 unspecified atom stereocenters. The Kier molecular flexibility index (Phi) is 12.4. The van der Waals surface area contributed by atoms with E-state index < -0.39 is 0 Å². The zero-order chi connectivity index (χ0) is 18.6.